The lowest BCUT2D eigenvalue weighted by Crippen LogP contribution is -2.49. The average Bonchev–Trinajstić information content (AvgIpc) is 2.90. The van der Waals surface area contributed by atoms with Gasteiger partial charge in [0, 0.05) is 30.7 Å². The second-order valence-corrected chi connectivity index (χ2v) is 10.7. The van der Waals surface area contributed by atoms with Crippen LogP contribution < -0.4 is 10.1 Å². The van der Waals surface area contributed by atoms with Crippen molar-refractivity contribution < 1.29 is 19.0 Å². The molecule has 0 radical (unpaired) electrons. The van der Waals surface area contributed by atoms with Gasteiger partial charge in [0.15, 0.2) is 0 Å². The number of pyridine rings is 1. The number of nitrogens with zero attached hydrogens (tertiary/aromatic N) is 2. The third kappa shape index (κ3) is 6.40. The summed E-state index contributed by atoms with van der Waals surface area (Å²) in [4.78, 5) is 19.6. The highest BCUT2D eigenvalue weighted by Gasteiger charge is 2.30. The predicted octanol–water partition coefficient (Wildman–Crippen LogP) is 5.22. The largest absolute Gasteiger partial charge is 0.486 e. The van der Waals surface area contributed by atoms with E-state index in [2.05, 4.69) is 15.2 Å². The van der Waals surface area contributed by atoms with E-state index in [4.69, 9.17) is 16.3 Å². The number of fused-ring (bicyclic) bond motifs is 1. The fourth-order valence-electron chi connectivity index (χ4n) is 5.57. The number of halogens is 2. The number of piperidine rings is 1. The minimum Gasteiger partial charge on any atom is -0.486 e. The van der Waals surface area contributed by atoms with Crippen molar-refractivity contribution in [2.24, 2.45) is 5.92 Å². The standard InChI is InChI=1S/C29H33ClFN3O3/c30-24-17-20(31)7-10-27(24)37-28-13-16-34(18-26(28)35)15-12-19-5-8-21(9-6-19)33-29(36)23-11-14-32-25-4-2-1-3-22(23)25/h1-4,7,10-11,14,17,19,21,26,28,35H,5-6,8-9,12-13,15-16,18H2,(H,33,36)/t19?,21?,26-,28-/m0/s1. The van der Waals surface area contributed by atoms with Crippen LogP contribution in [-0.2, 0) is 0 Å². The zero-order valence-corrected chi connectivity index (χ0v) is 21.5. The maximum absolute atomic E-state index is 13.3. The summed E-state index contributed by atoms with van der Waals surface area (Å²) in [5.74, 6) is 0.593. The zero-order chi connectivity index (χ0) is 25.8. The van der Waals surface area contributed by atoms with Gasteiger partial charge >= 0.3 is 0 Å². The number of para-hydroxylation sites is 1. The molecule has 0 unspecified atom stereocenters. The molecule has 2 atom stereocenters. The monoisotopic (exact) mass is 525 g/mol. The van der Waals surface area contributed by atoms with Crippen molar-refractivity contribution in [3.05, 3.63) is 71.1 Å². The summed E-state index contributed by atoms with van der Waals surface area (Å²) >= 11 is 6.07. The maximum atomic E-state index is 13.3. The number of carbonyl (C=O) groups is 1. The van der Waals surface area contributed by atoms with E-state index in [1.165, 1.54) is 18.2 Å². The first kappa shape index (κ1) is 25.9. The summed E-state index contributed by atoms with van der Waals surface area (Å²) < 4.78 is 19.2. The van der Waals surface area contributed by atoms with Gasteiger partial charge in [-0.1, -0.05) is 29.8 Å². The van der Waals surface area contributed by atoms with E-state index in [9.17, 15) is 14.3 Å². The smallest absolute Gasteiger partial charge is 0.252 e. The first-order chi connectivity index (χ1) is 18.0. The van der Waals surface area contributed by atoms with Gasteiger partial charge in [-0.3, -0.25) is 9.78 Å². The van der Waals surface area contributed by atoms with Crippen LogP contribution in [0, 0.1) is 11.7 Å². The number of hydrogen-bond donors (Lipinski definition) is 2. The molecule has 2 N–H and O–H groups in total. The SMILES string of the molecule is O=C(NC1CCC(CCN2CC[C@H](Oc3ccc(F)cc3Cl)[C@@H](O)C2)CC1)c1ccnc2ccccc12. The third-order valence-electron chi connectivity index (χ3n) is 7.71. The number of amides is 1. The highest BCUT2D eigenvalue weighted by molar-refractivity contribution is 6.32. The van der Waals surface area contributed by atoms with E-state index < -0.39 is 11.9 Å². The van der Waals surface area contributed by atoms with Gasteiger partial charge in [-0.15, -0.1) is 0 Å². The van der Waals surface area contributed by atoms with E-state index in [1.54, 1.807) is 12.3 Å². The zero-order valence-electron chi connectivity index (χ0n) is 20.8. The predicted molar refractivity (Wildman–Crippen MR) is 142 cm³/mol. The minimum atomic E-state index is -0.620. The summed E-state index contributed by atoms with van der Waals surface area (Å²) in [6.45, 7) is 2.33. The lowest BCUT2D eigenvalue weighted by Gasteiger charge is -2.37. The number of ether oxygens (including phenoxy) is 1. The number of rotatable bonds is 7. The quantitative estimate of drug-likeness (QED) is 0.442. The van der Waals surface area contributed by atoms with Crippen LogP contribution in [0.1, 0.15) is 48.9 Å². The van der Waals surface area contributed by atoms with Gasteiger partial charge in [0.2, 0.25) is 0 Å². The molecule has 1 saturated carbocycles. The number of aromatic nitrogens is 1. The molecule has 2 aliphatic rings. The lowest BCUT2D eigenvalue weighted by atomic mass is 9.83. The Labute approximate surface area is 221 Å². The Morgan fingerprint density at radius 3 is 2.73 bits per heavy atom. The fraction of sp³-hybridized carbons (Fsp3) is 0.448. The molecule has 5 rings (SSSR count). The van der Waals surface area contributed by atoms with Crippen LogP contribution in [0.15, 0.2) is 54.7 Å². The van der Waals surface area contributed by atoms with Crippen LogP contribution in [0.5, 0.6) is 5.75 Å². The summed E-state index contributed by atoms with van der Waals surface area (Å²) in [7, 11) is 0. The molecule has 1 saturated heterocycles. The van der Waals surface area contributed by atoms with Gasteiger partial charge in [0.25, 0.3) is 5.91 Å². The molecule has 2 aromatic carbocycles. The second kappa shape index (κ2) is 11.8. The average molecular weight is 526 g/mol. The Kier molecular flexibility index (Phi) is 8.23. The Balaban J connectivity index is 1.04. The van der Waals surface area contributed by atoms with Crippen LogP contribution in [-0.4, -0.2) is 58.8 Å². The molecule has 1 aliphatic heterocycles. The first-order valence-electron chi connectivity index (χ1n) is 13.1. The summed E-state index contributed by atoms with van der Waals surface area (Å²) in [6.07, 6.45) is 6.64. The van der Waals surface area contributed by atoms with Crippen LogP contribution in [0.4, 0.5) is 4.39 Å². The number of hydrogen-bond acceptors (Lipinski definition) is 5. The van der Waals surface area contributed by atoms with E-state index in [1.807, 2.05) is 24.3 Å². The van der Waals surface area contributed by atoms with Gasteiger partial charge in [-0.25, -0.2) is 4.39 Å². The van der Waals surface area contributed by atoms with Crippen molar-refractivity contribution in [3.63, 3.8) is 0 Å². The van der Waals surface area contributed by atoms with Crippen molar-refractivity contribution >= 4 is 28.4 Å². The van der Waals surface area contributed by atoms with Gasteiger partial charge in [-0.05, 0) is 81.3 Å². The molecule has 3 aromatic rings. The molecule has 37 heavy (non-hydrogen) atoms. The van der Waals surface area contributed by atoms with E-state index in [0.717, 1.165) is 56.1 Å². The molecule has 196 valence electrons. The first-order valence-corrected chi connectivity index (χ1v) is 13.5. The minimum absolute atomic E-state index is 0.0250. The molecular weight excluding hydrogens is 493 g/mol. The number of benzene rings is 2. The van der Waals surface area contributed by atoms with Crippen molar-refractivity contribution in [2.75, 3.05) is 19.6 Å². The van der Waals surface area contributed by atoms with Gasteiger partial charge in [-0.2, -0.15) is 0 Å². The highest BCUT2D eigenvalue weighted by atomic mass is 35.5. The van der Waals surface area contributed by atoms with Crippen molar-refractivity contribution in [2.45, 2.75) is 56.8 Å². The number of likely N-dealkylation sites (tertiary alicyclic amines) is 1. The molecule has 2 fully saturated rings. The molecular formula is C29H33ClFN3O3. The van der Waals surface area contributed by atoms with Crippen LogP contribution in [0.2, 0.25) is 5.02 Å². The molecule has 2 heterocycles. The molecule has 1 aliphatic carbocycles. The maximum Gasteiger partial charge on any atom is 0.252 e. The van der Waals surface area contributed by atoms with E-state index in [0.29, 0.717) is 30.2 Å². The number of aliphatic hydroxyl groups excluding tert-OH is 1. The summed E-state index contributed by atoms with van der Waals surface area (Å²) in [5.41, 5.74) is 1.51. The number of carbonyl (C=O) groups excluding carboxylic acids is 1. The highest BCUT2D eigenvalue weighted by Crippen LogP contribution is 2.30. The van der Waals surface area contributed by atoms with E-state index in [-0.39, 0.29) is 23.1 Å². The molecule has 0 bridgehead atoms. The number of nitrogens with one attached hydrogen (secondary N) is 1. The van der Waals surface area contributed by atoms with Crippen LogP contribution >= 0.6 is 11.6 Å². The van der Waals surface area contributed by atoms with Crippen molar-refractivity contribution in [1.29, 1.82) is 0 Å². The topological polar surface area (TPSA) is 74.7 Å². The third-order valence-corrected chi connectivity index (χ3v) is 8.00. The van der Waals surface area contributed by atoms with Gasteiger partial charge in [0.05, 0.1) is 16.1 Å². The molecule has 1 amide bonds. The molecule has 1 aromatic heterocycles. The van der Waals surface area contributed by atoms with Crippen LogP contribution in [0.3, 0.4) is 0 Å². The lowest BCUT2D eigenvalue weighted by molar-refractivity contribution is -0.0266. The number of β-amino-alcohol motifs (C(OH)–C–C–N with tert-alkyl or cyclic N) is 1. The van der Waals surface area contributed by atoms with Crippen molar-refractivity contribution in [3.8, 4) is 5.75 Å². The molecule has 8 heteroatoms. The van der Waals surface area contributed by atoms with Gasteiger partial charge in [0.1, 0.15) is 23.8 Å². The van der Waals surface area contributed by atoms with E-state index >= 15 is 0 Å². The Hall–Kier alpha value is -2.74. The van der Waals surface area contributed by atoms with Gasteiger partial charge < -0.3 is 20.1 Å². The summed E-state index contributed by atoms with van der Waals surface area (Å²) in [6, 6.07) is 13.8. The fourth-order valence-corrected chi connectivity index (χ4v) is 5.78. The Bertz CT molecular complexity index is 1230. The van der Waals surface area contributed by atoms with Crippen LogP contribution in [0.25, 0.3) is 10.9 Å². The second-order valence-electron chi connectivity index (χ2n) is 10.2. The molecule has 0 spiro atoms. The number of aliphatic hydroxyl groups is 1. The molecule has 6 nitrogen and oxygen atoms in total. The van der Waals surface area contributed by atoms with Crippen molar-refractivity contribution in [1.82, 2.24) is 15.2 Å². The Morgan fingerprint density at radius 2 is 1.95 bits per heavy atom. The normalized spacial score (nSPS) is 24.6. The Morgan fingerprint density at radius 1 is 1.14 bits per heavy atom. The summed E-state index contributed by atoms with van der Waals surface area (Å²) in [5, 5.41) is 15.0.